The van der Waals surface area contributed by atoms with Gasteiger partial charge < -0.3 is 28.4 Å². The van der Waals surface area contributed by atoms with Crippen molar-refractivity contribution >= 4 is 23.9 Å². The van der Waals surface area contributed by atoms with E-state index in [1.165, 1.54) is 38.5 Å². The molecule has 56 heavy (non-hydrogen) atoms. The molecule has 2 atom stereocenters. The van der Waals surface area contributed by atoms with Crippen molar-refractivity contribution in [1.29, 1.82) is 0 Å². The van der Waals surface area contributed by atoms with Gasteiger partial charge in [0.1, 0.15) is 13.2 Å². The van der Waals surface area contributed by atoms with Crippen LogP contribution in [0.2, 0.25) is 0 Å². The maximum Gasteiger partial charge on any atom is 0.308 e. The van der Waals surface area contributed by atoms with Crippen LogP contribution in [-0.4, -0.2) is 69.3 Å². The van der Waals surface area contributed by atoms with Gasteiger partial charge in [-0.3, -0.25) is 19.2 Å². The second-order valence-electron chi connectivity index (χ2n) is 16.8. The van der Waals surface area contributed by atoms with Gasteiger partial charge in [-0.1, -0.05) is 130 Å². The fraction of sp³-hybridized carbons (Fsp3) is 0.913. The lowest BCUT2D eigenvalue weighted by Gasteiger charge is -2.42. The van der Waals surface area contributed by atoms with Crippen LogP contribution in [0.25, 0.3) is 0 Å². The Balaban J connectivity index is 2.33. The van der Waals surface area contributed by atoms with Crippen molar-refractivity contribution in [3.05, 3.63) is 0 Å². The number of esters is 4. The predicted molar refractivity (Wildman–Crippen MR) is 222 cm³/mol. The second-order valence-corrected chi connectivity index (χ2v) is 16.8. The highest BCUT2D eigenvalue weighted by molar-refractivity contribution is 5.72. The molecule has 1 aliphatic heterocycles. The molecule has 10 heteroatoms. The fourth-order valence-corrected chi connectivity index (χ4v) is 6.88. The third-order valence-corrected chi connectivity index (χ3v) is 10.9. The summed E-state index contributed by atoms with van der Waals surface area (Å²) < 4.78 is 34.4. The number of hydrogen-bond acceptors (Lipinski definition) is 10. The summed E-state index contributed by atoms with van der Waals surface area (Å²) in [5.74, 6) is -1.46. The average molecular weight is 797 g/mol. The first kappa shape index (κ1) is 51.8. The Morgan fingerprint density at radius 2 is 0.821 bits per heavy atom. The molecule has 1 saturated heterocycles. The van der Waals surface area contributed by atoms with E-state index in [2.05, 4.69) is 27.7 Å². The minimum Gasteiger partial charge on any atom is -0.465 e. The van der Waals surface area contributed by atoms with Gasteiger partial charge in [-0.15, -0.1) is 0 Å². The average Bonchev–Trinajstić information content (AvgIpc) is 3.18. The van der Waals surface area contributed by atoms with Crippen LogP contribution in [0.4, 0.5) is 0 Å². The van der Waals surface area contributed by atoms with Crippen LogP contribution in [0.15, 0.2) is 0 Å². The monoisotopic (exact) mass is 797 g/mol. The Hall–Kier alpha value is -2.20. The summed E-state index contributed by atoms with van der Waals surface area (Å²) in [6.45, 7) is 13.8. The first-order chi connectivity index (χ1) is 27.0. The molecule has 0 radical (unpaired) electrons. The summed E-state index contributed by atoms with van der Waals surface area (Å²) >= 11 is 0. The van der Waals surface area contributed by atoms with Crippen LogP contribution in [0.5, 0.6) is 0 Å². The molecule has 0 N–H and O–H groups in total. The van der Waals surface area contributed by atoms with Crippen molar-refractivity contribution in [2.75, 3.05) is 39.6 Å². The van der Waals surface area contributed by atoms with Crippen molar-refractivity contribution < 1.29 is 47.6 Å². The quantitative estimate of drug-likeness (QED) is 0.0344. The molecule has 0 bridgehead atoms. The third kappa shape index (κ3) is 25.9. The largest absolute Gasteiger partial charge is 0.465 e. The van der Waals surface area contributed by atoms with Crippen molar-refractivity contribution in [1.82, 2.24) is 0 Å². The van der Waals surface area contributed by atoms with E-state index in [1.807, 2.05) is 13.8 Å². The summed E-state index contributed by atoms with van der Waals surface area (Å²) in [6, 6.07) is 0. The van der Waals surface area contributed by atoms with Crippen molar-refractivity contribution in [2.24, 2.45) is 17.3 Å². The van der Waals surface area contributed by atoms with Gasteiger partial charge in [0.05, 0.1) is 43.7 Å². The number of unbranched alkanes of at least 4 members (excludes halogenated alkanes) is 14. The summed E-state index contributed by atoms with van der Waals surface area (Å²) in [6.07, 6.45) is 24.2. The molecule has 328 valence electrons. The molecule has 0 aliphatic carbocycles. The molecule has 1 fully saturated rings. The highest BCUT2D eigenvalue weighted by atomic mass is 16.7. The number of carbonyl (C=O) groups excluding carboxylic acids is 4. The number of carbonyl (C=O) groups is 4. The molecular formula is C46H84O10. The minimum absolute atomic E-state index is 0.0120. The topological polar surface area (TPSA) is 124 Å². The fourth-order valence-electron chi connectivity index (χ4n) is 6.88. The number of hydrogen-bond donors (Lipinski definition) is 0. The van der Waals surface area contributed by atoms with E-state index in [9.17, 15) is 19.2 Å². The minimum atomic E-state index is -0.773. The van der Waals surface area contributed by atoms with Crippen LogP contribution in [-0.2, 0) is 47.6 Å². The molecule has 1 rings (SSSR count). The SMILES string of the molecule is CCCCCCC(CCCC)C(=O)OCCCCCCC(=O)OCC1(COC(=O)CCCCCCOC(=O)C(CCCC)CCCCCC)COC(C)(C)OC1. The van der Waals surface area contributed by atoms with E-state index in [1.54, 1.807) is 0 Å². The molecule has 2 unspecified atom stereocenters. The van der Waals surface area contributed by atoms with Gasteiger partial charge in [-0.25, -0.2) is 0 Å². The highest BCUT2D eigenvalue weighted by Gasteiger charge is 2.42. The van der Waals surface area contributed by atoms with Crippen LogP contribution < -0.4 is 0 Å². The van der Waals surface area contributed by atoms with Gasteiger partial charge in [-0.05, 0) is 65.2 Å². The molecule has 0 aromatic carbocycles. The van der Waals surface area contributed by atoms with Crippen LogP contribution in [0.1, 0.15) is 208 Å². The number of rotatable bonds is 36. The van der Waals surface area contributed by atoms with Crippen LogP contribution in [0.3, 0.4) is 0 Å². The Labute approximate surface area is 341 Å². The van der Waals surface area contributed by atoms with Gasteiger partial charge in [0, 0.05) is 12.8 Å². The van der Waals surface area contributed by atoms with Crippen molar-refractivity contribution in [2.45, 2.75) is 214 Å². The van der Waals surface area contributed by atoms with E-state index < -0.39 is 11.2 Å². The van der Waals surface area contributed by atoms with Crippen LogP contribution >= 0.6 is 0 Å². The molecule has 0 amide bonds. The number of ether oxygens (including phenoxy) is 6. The van der Waals surface area contributed by atoms with E-state index in [4.69, 9.17) is 28.4 Å². The molecule has 0 aromatic rings. The molecular weight excluding hydrogens is 712 g/mol. The van der Waals surface area contributed by atoms with E-state index in [0.29, 0.717) is 26.1 Å². The third-order valence-electron chi connectivity index (χ3n) is 10.9. The zero-order chi connectivity index (χ0) is 41.3. The zero-order valence-electron chi connectivity index (χ0n) is 36.9. The summed E-state index contributed by atoms with van der Waals surface area (Å²) in [7, 11) is 0. The molecule has 1 aliphatic rings. The lowest BCUT2D eigenvalue weighted by molar-refractivity contribution is -0.296. The Kier molecular flexibility index (Phi) is 30.3. The molecule has 0 saturated carbocycles. The van der Waals surface area contributed by atoms with E-state index in [0.717, 1.165) is 103 Å². The lowest BCUT2D eigenvalue weighted by Crippen LogP contribution is -2.51. The second kappa shape index (κ2) is 32.7. The Morgan fingerprint density at radius 3 is 1.21 bits per heavy atom. The molecule has 0 spiro atoms. The Bertz CT molecular complexity index is 949. The molecule has 10 nitrogen and oxygen atoms in total. The van der Waals surface area contributed by atoms with E-state index in [-0.39, 0.29) is 75.0 Å². The maximum atomic E-state index is 12.7. The smallest absolute Gasteiger partial charge is 0.308 e. The standard InChI is InChI=1S/C46H84O10/c1-7-11-15-21-29-39(27-13-9-3)43(49)51-33-25-19-17-23-31-41(47)53-35-46(37-55-45(5,6)56-38-46)36-54-42(48)32-24-18-20-26-34-52-44(50)40(28-14-10-4)30-22-16-12-8-2/h39-40H,7-38H2,1-6H3. The van der Waals surface area contributed by atoms with Crippen molar-refractivity contribution in [3.63, 3.8) is 0 Å². The summed E-state index contributed by atoms with van der Waals surface area (Å²) in [5.41, 5.74) is -0.773. The first-order valence-electron chi connectivity index (χ1n) is 22.9. The normalized spacial score (nSPS) is 15.8. The maximum absolute atomic E-state index is 12.7. The van der Waals surface area contributed by atoms with Gasteiger partial charge in [0.2, 0.25) is 0 Å². The van der Waals surface area contributed by atoms with Gasteiger partial charge in [0.15, 0.2) is 5.79 Å². The lowest BCUT2D eigenvalue weighted by atomic mass is 9.91. The van der Waals surface area contributed by atoms with Gasteiger partial charge >= 0.3 is 23.9 Å². The Morgan fingerprint density at radius 1 is 0.464 bits per heavy atom. The predicted octanol–water partition coefficient (Wildman–Crippen LogP) is 11.4. The molecule has 1 heterocycles. The van der Waals surface area contributed by atoms with E-state index >= 15 is 0 Å². The van der Waals surface area contributed by atoms with Gasteiger partial charge in [0.25, 0.3) is 0 Å². The van der Waals surface area contributed by atoms with Crippen molar-refractivity contribution in [3.8, 4) is 0 Å². The molecule has 0 aromatic heterocycles. The highest BCUT2D eigenvalue weighted by Crippen LogP contribution is 2.31. The first-order valence-corrected chi connectivity index (χ1v) is 22.9. The summed E-state index contributed by atoms with van der Waals surface area (Å²) in [4.78, 5) is 50.7. The summed E-state index contributed by atoms with van der Waals surface area (Å²) in [5, 5.41) is 0. The zero-order valence-corrected chi connectivity index (χ0v) is 36.9. The van der Waals surface area contributed by atoms with Gasteiger partial charge in [-0.2, -0.15) is 0 Å². The van der Waals surface area contributed by atoms with Crippen LogP contribution in [0, 0.1) is 17.3 Å².